The van der Waals surface area contributed by atoms with Gasteiger partial charge in [0.1, 0.15) is 0 Å². The SMILES string of the molecule is CCCNC(=O)n1nnc(C(CC)C(=O)[C@@H](N)CCC(N)=O)n1. The lowest BCUT2D eigenvalue weighted by Crippen LogP contribution is -2.36. The first-order valence-electron chi connectivity index (χ1n) is 7.56. The molecular formula is C13H23N7O3. The number of nitrogens with zero attached hydrogens (tertiary/aromatic N) is 4. The molecule has 2 amide bonds. The number of hydrogen-bond acceptors (Lipinski definition) is 7. The quantitative estimate of drug-likeness (QED) is 0.541. The monoisotopic (exact) mass is 325 g/mol. The Morgan fingerprint density at radius 2 is 2.00 bits per heavy atom. The van der Waals surface area contributed by atoms with Gasteiger partial charge in [0.05, 0.1) is 12.0 Å². The summed E-state index contributed by atoms with van der Waals surface area (Å²) in [5, 5.41) is 14.0. The first-order chi connectivity index (χ1) is 10.9. The zero-order chi connectivity index (χ0) is 17.4. The van der Waals surface area contributed by atoms with Crippen molar-refractivity contribution in [2.75, 3.05) is 6.54 Å². The van der Waals surface area contributed by atoms with Crippen molar-refractivity contribution >= 4 is 17.7 Å². The normalized spacial score (nSPS) is 13.3. The molecule has 1 heterocycles. The van der Waals surface area contributed by atoms with Gasteiger partial charge in [0.2, 0.25) is 5.91 Å². The number of aromatic nitrogens is 4. The average Bonchev–Trinajstić information content (AvgIpc) is 3.00. The Morgan fingerprint density at radius 1 is 1.30 bits per heavy atom. The highest BCUT2D eigenvalue weighted by Crippen LogP contribution is 2.18. The number of amides is 2. The van der Waals surface area contributed by atoms with Crippen LogP contribution in [0.1, 0.15) is 51.3 Å². The minimum Gasteiger partial charge on any atom is -0.370 e. The predicted octanol–water partition coefficient (Wildman–Crippen LogP) is -0.704. The zero-order valence-electron chi connectivity index (χ0n) is 13.4. The fraction of sp³-hybridized carbons (Fsp3) is 0.692. The molecule has 1 unspecified atom stereocenters. The van der Waals surface area contributed by atoms with E-state index >= 15 is 0 Å². The molecule has 0 aliphatic rings. The minimum atomic E-state index is -0.840. The van der Waals surface area contributed by atoms with Crippen LogP contribution in [0.2, 0.25) is 0 Å². The first kappa shape index (κ1) is 18.7. The summed E-state index contributed by atoms with van der Waals surface area (Å²) in [6.45, 7) is 4.19. The molecule has 2 atom stereocenters. The summed E-state index contributed by atoms with van der Waals surface area (Å²) < 4.78 is 0. The van der Waals surface area contributed by atoms with E-state index < -0.39 is 23.9 Å². The fourth-order valence-electron chi connectivity index (χ4n) is 1.96. The van der Waals surface area contributed by atoms with Crippen LogP contribution in [0.15, 0.2) is 0 Å². The molecule has 23 heavy (non-hydrogen) atoms. The van der Waals surface area contributed by atoms with E-state index in [0.717, 1.165) is 11.2 Å². The Balaban J connectivity index is 2.77. The average molecular weight is 325 g/mol. The number of nitrogens with one attached hydrogen (secondary N) is 1. The zero-order valence-corrected chi connectivity index (χ0v) is 13.4. The van der Waals surface area contributed by atoms with Crippen LogP contribution >= 0.6 is 0 Å². The van der Waals surface area contributed by atoms with Crippen molar-refractivity contribution in [2.24, 2.45) is 11.5 Å². The molecule has 128 valence electrons. The highest BCUT2D eigenvalue weighted by molar-refractivity contribution is 5.90. The topological polar surface area (TPSA) is 159 Å². The first-order valence-corrected chi connectivity index (χ1v) is 7.56. The van der Waals surface area contributed by atoms with Crippen molar-refractivity contribution in [2.45, 2.75) is 51.5 Å². The van der Waals surface area contributed by atoms with Gasteiger partial charge in [-0.1, -0.05) is 18.6 Å². The second-order valence-electron chi connectivity index (χ2n) is 5.14. The third-order valence-electron chi connectivity index (χ3n) is 3.27. The summed E-state index contributed by atoms with van der Waals surface area (Å²) in [5.74, 6) is -1.36. The van der Waals surface area contributed by atoms with Crippen LogP contribution in [0.4, 0.5) is 4.79 Å². The summed E-state index contributed by atoms with van der Waals surface area (Å²) in [7, 11) is 0. The largest absolute Gasteiger partial charge is 0.370 e. The number of tetrazole rings is 1. The molecule has 0 aliphatic heterocycles. The molecule has 0 radical (unpaired) electrons. The molecule has 0 aromatic carbocycles. The van der Waals surface area contributed by atoms with Gasteiger partial charge in [-0.25, -0.2) is 4.79 Å². The Hall–Kier alpha value is -2.36. The highest BCUT2D eigenvalue weighted by Gasteiger charge is 2.28. The number of Topliss-reactive ketones (excluding diaryl/α,β-unsaturated/α-hetero) is 1. The second-order valence-corrected chi connectivity index (χ2v) is 5.14. The molecular weight excluding hydrogens is 302 g/mol. The van der Waals surface area contributed by atoms with E-state index in [2.05, 4.69) is 20.7 Å². The predicted molar refractivity (Wildman–Crippen MR) is 81.3 cm³/mol. The van der Waals surface area contributed by atoms with Crippen LogP contribution in [0.25, 0.3) is 0 Å². The Bertz CT molecular complexity index is 558. The van der Waals surface area contributed by atoms with Crippen LogP contribution in [-0.2, 0) is 9.59 Å². The Kier molecular flexibility index (Phi) is 7.26. The number of carbonyl (C=O) groups excluding carboxylic acids is 3. The summed E-state index contributed by atoms with van der Waals surface area (Å²) in [6, 6.07) is -1.35. The molecule has 10 nitrogen and oxygen atoms in total. The molecule has 0 saturated carbocycles. The van der Waals surface area contributed by atoms with E-state index in [4.69, 9.17) is 11.5 Å². The van der Waals surface area contributed by atoms with E-state index in [-0.39, 0.29) is 24.4 Å². The van der Waals surface area contributed by atoms with Crippen LogP contribution < -0.4 is 16.8 Å². The number of ketones is 1. The van der Waals surface area contributed by atoms with Gasteiger partial charge in [-0.2, -0.15) is 0 Å². The third kappa shape index (κ3) is 5.40. The van der Waals surface area contributed by atoms with E-state index in [1.54, 1.807) is 6.92 Å². The molecule has 1 aromatic heterocycles. The summed E-state index contributed by atoms with van der Waals surface area (Å²) >= 11 is 0. The Morgan fingerprint density at radius 3 is 2.57 bits per heavy atom. The lowest BCUT2D eigenvalue weighted by molar-refractivity contribution is -0.122. The molecule has 5 N–H and O–H groups in total. The van der Waals surface area contributed by atoms with E-state index in [9.17, 15) is 14.4 Å². The molecule has 0 fully saturated rings. The van der Waals surface area contributed by atoms with Gasteiger partial charge < -0.3 is 16.8 Å². The van der Waals surface area contributed by atoms with Crippen LogP contribution in [0, 0.1) is 0 Å². The number of primary amides is 1. The van der Waals surface area contributed by atoms with Crippen molar-refractivity contribution in [3.8, 4) is 0 Å². The molecule has 10 heteroatoms. The second kappa shape index (κ2) is 8.93. The van der Waals surface area contributed by atoms with Crippen molar-refractivity contribution in [1.29, 1.82) is 0 Å². The maximum absolute atomic E-state index is 12.3. The summed E-state index contributed by atoms with van der Waals surface area (Å²) in [6.07, 6.45) is 1.38. The van der Waals surface area contributed by atoms with Gasteiger partial charge >= 0.3 is 6.03 Å². The fourth-order valence-corrected chi connectivity index (χ4v) is 1.96. The van der Waals surface area contributed by atoms with Crippen molar-refractivity contribution in [1.82, 2.24) is 25.5 Å². The van der Waals surface area contributed by atoms with Gasteiger partial charge in [0.25, 0.3) is 0 Å². The Labute approximate surface area is 134 Å². The summed E-state index contributed by atoms with van der Waals surface area (Å²) in [5.41, 5.74) is 10.8. The third-order valence-corrected chi connectivity index (χ3v) is 3.27. The number of carbonyl (C=O) groups is 3. The number of rotatable bonds is 9. The highest BCUT2D eigenvalue weighted by atomic mass is 16.2. The van der Waals surface area contributed by atoms with Gasteiger partial charge in [-0.15, -0.1) is 10.2 Å². The van der Waals surface area contributed by atoms with Crippen molar-refractivity contribution < 1.29 is 14.4 Å². The smallest absolute Gasteiger partial charge is 0.360 e. The maximum atomic E-state index is 12.3. The van der Waals surface area contributed by atoms with Gasteiger partial charge in [-0.05, 0) is 24.5 Å². The van der Waals surface area contributed by atoms with E-state index in [1.165, 1.54) is 0 Å². The standard InChI is InChI=1S/C13H23N7O3/c1-3-7-16-13(23)20-18-12(17-19-20)8(4-2)11(22)9(14)5-6-10(15)21/h8-9H,3-7,14H2,1-2H3,(H2,15,21)(H,16,23)/t8?,9-/m0/s1. The lowest BCUT2D eigenvalue weighted by atomic mass is 9.93. The number of hydrogen-bond donors (Lipinski definition) is 3. The molecule has 0 bridgehead atoms. The minimum absolute atomic E-state index is 0.0306. The van der Waals surface area contributed by atoms with Crippen molar-refractivity contribution in [3.63, 3.8) is 0 Å². The van der Waals surface area contributed by atoms with Crippen LogP contribution in [0.5, 0.6) is 0 Å². The maximum Gasteiger partial charge on any atom is 0.360 e. The van der Waals surface area contributed by atoms with Gasteiger partial charge in [0.15, 0.2) is 11.6 Å². The lowest BCUT2D eigenvalue weighted by Gasteiger charge is -2.15. The van der Waals surface area contributed by atoms with E-state index in [0.29, 0.717) is 13.0 Å². The van der Waals surface area contributed by atoms with Crippen molar-refractivity contribution in [3.05, 3.63) is 5.82 Å². The molecule has 1 aromatic rings. The van der Waals surface area contributed by atoms with Crippen LogP contribution in [0.3, 0.4) is 0 Å². The molecule has 1 rings (SSSR count). The molecule has 0 saturated heterocycles. The molecule has 0 aliphatic carbocycles. The molecule has 0 spiro atoms. The van der Waals surface area contributed by atoms with Gasteiger partial charge in [0, 0.05) is 13.0 Å². The summed E-state index contributed by atoms with van der Waals surface area (Å²) in [4.78, 5) is 35.7. The van der Waals surface area contributed by atoms with E-state index in [1.807, 2.05) is 6.92 Å². The van der Waals surface area contributed by atoms with Gasteiger partial charge in [-0.3, -0.25) is 9.59 Å². The van der Waals surface area contributed by atoms with Crippen LogP contribution in [-0.4, -0.2) is 50.5 Å². The number of nitrogens with two attached hydrogens (primary N) is 2.